The van der Waals surface area contributed by atoms with Gasteiger partial charge in [-0.05, 0) is 24.0 Å². The molecule has 31 heavy (non-hydrogen) atoms. The van der Waals surface area contributed by atoms with Crippen molar-refractivity contribution < 1.29 is 31.1 Å². The van der Waals surface area contributed by atoms with Crippen molar-refractivity contribution in [2.24, 2.45) is 11.8 Å². The third-order valence-corrected chi connectivity index (χ3v) is 5.88. The number of likely N-dealkylation sites (tertiary alicyclic amines) is 1. The molecule has 4 rings (SSSR count). The summed E-state index contributed by atoms with van der Waals surface area (Å²) < 4.78 is 84.8. The fourth-order valence-corrected chi connectivity index (χ4v) is 4.43. The molecule has 6 nitrogen and oxygen atoms in total. The number of nitrogens with zero attached hydrogens (tertiary/aromatic N) is 4. The Morgan fingerprint density at radius 3 is 2.39 bits per heavy atom. The van der Waals surface area contributed by atoms with Crippen LogP contribution in [0, 0.1) is 11.8 Å². The van der Waals surface area contributed by atoms with E-state index in [0.717, 1.165) is 36.6 Å². The van der Waals surface area contributed by atoms with E-state index in [-0.39, 0.29) is 29.0 Å². The molecule has 0 radical (unpaired) electrons. The number of aromatic nitrogens is 3. The molecule has 2 aromatic heterocycles. The predicted molar refractivity (Wildman–Crippen MR) is 99.0 cm³/mol. The van der Waals surface area contributed by atoms with Gasteiger partial charge in [-0.15, -0.1) is 0 Å². The zero-order chi connectivity index (χ0) is 22.6. The Labute approximate surface area is 174 Å². The number of halogens is 6. The van der Waals surface area contributed by atoms with Gasteiger partial charge < -0.3 is 15.4 Å². The number of alkyl halides is 6. The summed E-state index contributed by atoms with van der Waals surface area (Å²) in [6, 6.07) is 2.22. The molecule has 12 heteroatoms. The minimum atomic E-state index is -4.73. The van der Waals surface area contributed by atoms with Crippen LogP contribution in [0.25, 0.3) is 11.3 Å². The molecule has 2 atom stereocenters. The lowest BCUT2D eigenvalue weighted by Crippen LogP contribution is -2.28. The largest absolute Gasteiger partial charge is 0.419 e. The average molecular weight is 449 g/mol. The number of methoxy groups -OCH3 is 1. The van der Waals surface area contributed by atoms with E-state index in [1.54, 1.807) is 7.11 Å². The van der Waals surface area contributed by atoms with E-state index in [4.69, 9.17) is 10.5 Å². The summed E-state index contributed by atoms with van der Waals surface area (Å²) in [5, 5.41) is 3.99. The highest BCUT2D eigenvalue weighted by molar-refractivity contribution is 5.63. The predicted octanol–water partition coefficient (Wildman–Crippen LogP) is 3.40. The molecule has 2 N–H and O–H groups in total. The standard InChI is InChI=1S/C19H21F6N5O/c1-31-3-2-29-7-11-12(8-29)16(11)15-5-14(28-30(15)9-18(20,21)22)10-4-13(19(23,24)25)17(26)27-6-10/h4-6,11-12,16H,2-3,7-9H2,1H3,(H2,26,27)/t11-,12-/m1/s1. The maximum absolute atomic E-state index is 13.2. The van der Waals surface area contributed by atoms with E-state index < -0.39 is 30.3 Å². The molecule has 1 saturated carbocycles. The molecule has 0 amide bonds. The number of anilines is 1. The summed E-state index contributed by atoms with van der Waals surface area (Å²) in [7, 11) is 1.60. The van der Waals surface area contributed by atoms with E-state index in [1.807, 2.05) is 0 Å². The van der Waals surface area contributed by atoms with Gasteiger partial charge in [-0.25, -0.2) is 4.98 Å². The molecule has 3 heterocycles. The summed E-state index contributed by atoms with van der Waals surface area (Å²) in [6.45, 7) is 1.51. The van der Waals surface area contributed by atoms with Crippen LogP contribution in [0.5, 0.6) is 0 Å². The third-order valence-electron chi connectivity index (χ3n) is 5.88. The zero-order valence-corrected chi connectivity index (χ0v) is 16.5. The topological polar surface area (TPSA) is 69.2 Å². The molecular weight excluding hydrogens is 428 g/mol. The highest BCUT2D eigenvalue weighted by Crippen LogP contribution is 2.58. The number of pyridine rings is 1. The number of nitrogen functional groups attached to an aromatic ring is 1. The lowest BCUT2D eigenvalue weighted by Gasteiger charge is -2.19. The second-order valence-corrected chi connectivity index (χ2v) is 7.99. The minimum absolute atomic E-state index is 0.0125. The van der Waals surface area contributed by atoms with Crippen LogP contribution in [0.1, 0.15) is 17.2 Å². The van der Waals surface area contributed by atoms with Crippen LogP contribution < -0.4 is 5.73 Å². The van der Waals surface area contributed by atoms with Crippen LogP contribution in [0.4, 0.5) is 32.2 Å². The quantitative estimate of drug-likeness (QED) is 0.685. The van der Waals surface area contributed by atoms with E-state index in [9.17, 15) is 26.3 Å². The highest BCUT2D eigenvalue weighted by atomic mass is 19.4. The number of fused-ring (bicyclic) bond motifs is 1. The molecule has 1 saturated heterocycles. The van der Waals surface area contributed by atoms with Crippen LogP contribution in [0.3, 0.4) is 0 Å². The molecule has 1 aliphatic heterocycles. The van der Waals surface area contributed by atoms with Gasteiger partial charge in [-0.3, -0.25) is 4.68 Å². The van der Waals surface area contributed by atoms with Crippen molar-refractivity contribution in [3.8, 4) is 11.3 Å². The number of rotatable bonds is 6. The van der Waals surface area contributed by atoms with Crippen molar-refractivity contribution in [3.05, 3.63) is 29.6 Å². The smallest absolute Gasteiger partial charge is 0.383 e. The van der Waals surface area contributed by atoms with Crippen molar-refractivity contribution in [2.75, 3.05) is 39.1 Å². The first-order valence-corrected chi connectivity index (χ1v) is 9.67. The lowest BCUT2D eigenvalue weighted by molar-refractivity contribution is -0.143. The van der Waals surface area contributed by atoms with Gasteiger partial charge in [0.1, 0.15) is 12.4 Å². The second-order valence-electron chi connectivity index (χ2n) is 7.99. The molecule has 0 aromatic carbocycles. The number of hydrogen-bond acceptors (Lipinski definition) is 5. The van der Waals surface area contributed by atoms with Gasteiger partial charge in [-0.1, -0.05) is 0 Å². The van der Waals surface area contributed by atoms with Crippen LogP contribution in [-0.4, -0.2) is 59.2 Å². The molecule has 0 spiro atoms. The van der Waals surface area contributed by atoms with Crippen molar-refractivity contribution in [1.82, 2.24) is 19.7 Å². The van der Waals surface area contributed by atoms with Gasteiger partial charge in [0.15, 0.2) is 0 Å². The second kappa shape index (κ2) is 7.66. The average Bonchev–Trinajstić information content (AvgIpc) is 3.00. The van der Waals surface area contributed by atoms with Crippen molar-refractivity contribution in [1.29, 1.82) is 0 Å². The van der Waals surface area contributed by atoms with Gasteiger partial charge in [0, 0.05) is 50.1 Å². The highest BCUT2D eigenvalue weighted by Gasteiger charge is 2.57. The molecule has 2 aliphatic rings. The van der Waals surface area contributed by atoms with Crippen molar-refractivity contribution >= 4 is 5.82 Å². The van der Waals surface area contributed by atoms with E-state index >= 15 is 0 Å². The first-order chi connectivity index (χ1) is 14.5. The Morgan fingerprint density at radius 1 is 1.13 bits per heavy atom. The van der Waals surface area contributed by atoms with E-state index in [0.29, 0.717) is 12.3 Å². The molecule has 1 aliphatic carbocycles. The fraction of sp³-hybridized carbons (Fsp3) is 0.579. The summed E-state index contributed by atoms with van der Waals surface area (Å²) in [6.07, 6.45) is -8.15. The Bertz CT molecular complexity index is 944. The molecular formula is C19H21F6N5O. The third kappa shape index (κ3) is 4.49. The van der Waals surface area contributed by atoms with Crippen LogP contribution >= 0.6 is 0 Å². The van der Waals surface area contributed by atoms with E-state index in [1.165, 1.54) is 6.07 Å². The first kappa shape index (κ1) is 21.9. The van der Waals surface area contributed by atoms with Crippen LogP contribution in [0.2, 0.25) is 0 Å². The Morgan fingerprint density at radius 2 is 1.81 bits per heavy atom. The van der Waals surface area contributed by atoms with Gasteiger partial charge in [0.2, 0.25) is 0 Å². The normalized spacial score (nSPS) is 23.9. The summed E-state index contributed by atoms with van der Waals surface area (Å²) in [5.74, 6) is -0.405. The summed E-state index contributed by atoms with van der Waals surface area (Å²) >= 11 is 0. The molecule has 170 valence electrons. The Hall–Kier alpha value is -2.34. The van der Waals surface area contributed by atoms with Crippen molar-refractivity contribution in [2.45, 2.75) is 24.8 Å². The maximum Gasteiger partial charge on any atom is 0.419 e. The number of piperidine rings is 1. The van der Waals surface area contributed by atoms with Gasteiger partial charge in [0.05, 0.1) is 17.9 Å². The van der Waals surface area contributed by atoms with Crippen molar-refractivity contribution in [3.63, 3.8) is 0 Å². The summed E-state index contributed by atoms with van der Waals surface area (Å²) in [5.41, 5.74) is 4.55. The molecule has 2 fully saturated rings. The Balaban J connectivity index is 1.62. The lowest BCUT2D eigenvalue weighted by atomic mass is 10.1. The Kier molecular flexibility index (Phi) is 5.41. The van der Waals surface area contributed by atoms with Gasteiger partial charge >= 0.3 is 12.4 Å². The number of nitrogens with two attached hydrogens (primary N) is 1. The van der Waals surface area contributed by atoms with Gasteiger partial charge in [-0.2, -0.15) is 31.4 Å². The fourth-order valence-electron chi connectivity index (χ4n) is 4.43. The summed E-state index contributed by atoms with van der Waals surface area (Å²) in [4.78, 5) is 5.75. The zero-order valence-electron chi connectivity index (χ0n) is 16.5. The number of hydrogen-bond donors (Lipinski definition) is 1. The molecule has 0 bridgehead atoms. The van der Waals surface area contributed by atoms with Gasteiger partial charge in [0.25, 0.3) is 0 Å². The van der Waals surface area contributed by atoms with E-state index in [2.05, 4.69) is 15.0 Å². The molecule has 2 aromatic rings. The monoisotopic (exact) mass is 449 g/mol. The number of ether oxygens (including phenoxy) is 1. The minimum Gasteiger partial charge on any atom is -0.383 e. The van der Waals surface area contributed by atoms with Crippen LogP contribution in [-0.2, 0) is 17.5 Å². The maximum atomic E-state index is 13.2. The SMILES string of the molecule is COCCN1C[C@H]2C(c3cc(-c4cnc(N)c(C(F)(F)F)c4)nn3CC(F)(F)F)[C@@H]2C1. The first-order valence-electron chi connectivity index (χ1n) is 9.67. The van der Waals surface area contributed by atoms with Crippen LogP contribution in [0.15, 0.2) is 18.3 Å². The molecule has 0 unspecified atom stereocenters.